The van der Waals surface area contributed by atoms with Crippen LogP contribution in [-0.2, 0) is 10.0 Å². The molecule has 0 spiro atoms. The molecule has 0 bridgehead atoms. The van der Waals surface area contributed by atoms with Crippen LogP contribution < -0.4 is 15.2 Å². The average Bonchev–Trinajstić information content (AvgIpc) is 3.20. The lowest BCUT2D eigenvalue weighted by molar-refractivity contribution is 0.193. The van der Waals surface area contributed by atoms with Gasteiger partial charge in [-0.3, -0.25) is 0 Å². The normalized spacial score (nSPS) is 14.6. The SMILES string of the molecule is COc1c(S(=O)(=O)N[C@H](c2n[nH]c(=O)o2)[C@H](C)c2c(F)ccc(C)c2C)ccc(Cl)c1[C@@H](C)O. The molecule has 0 saturated heterocycles. The Morgan fingerprint density at radius 3 is 2.44 bits per heavy atom. The van der Waals surface area contributed by atoms with E-state index < -0.39 is 39.7 Å². The van der Waals surface area contributed by atoms with Gasteiger partial charge in [-0.2, -0.15) is 4.72 Å². The van der Waals surface area contributed by atoms with Crippen LogP contribution in [0.4, 0.5) is 4.39 Å². The minimum absolute atomic E-state index is 0.0866. The van der Waals surface area contributed by atoms with Gasteiger partial charge in [0.2, 0.25) is 15.9 Å². The molecule has 184 valence electrons. The zero-order valence-electron chi connectivity index (χ0n) is 19.1. The van der Waals surface area contributed by atoms with Crippen LogP contribution in [0.15, 0.2) is 38.4 Å². The quantitative estimate of drug-likeness (QED) is 0.418. The maximum absolute atomic E-state index is 14.9. The van der Waals surface area contributed by atoms with E-state index in [0.29, 0.717) is 5.56 Å². The Labute approximate surface area is 201 Å². The molecule has 0 aliphatic heterocycles. The summed E-state index contributed by atoms with van der Waals surface area (Å²) < 4.78 is 54.6. The molecular weight excluding hydrogens is 489 g/mol. The molecule has 0 unspecified atom stereocenters. The molecule has 9 nitrogen and oxygen atoms in total. The Hall–Kier alpha value is -2.73. The van der Waals surface area contributed by atoms with Crippen molar-refractivity contribution in [3.05, 3.63) is 73.8 Å². The molecule has 12 heteroatoms. The number of rotatable bonds is 8. The summed E-state index contributed by atoms with van der Waals surface area (Å²) in [7, 11) is -3.14. The summed E-state index contributed by atoms with van der Waals surface area (Å²) in [6.45, 7) is 6.52. The first kappa shape index (κ1) is 25.9. The van der Waals surface area contributed by atoms with E-state index >= 15 is 0 Å². The first-order valence-corrected chi connectivity index (χ1v) is 12.1. The van der Waals surface area contributed by atoms with Gasteiger partial charge < -0.3 is 14.3 Å². The number of H-pyrrole nitrogens is 1. The third-order valence-electron chi connectivity index (χ3n) is 5.71. The van der Waals surface area contributed by atoms with Crippen molar-refractivity contribution >= 4 is 21.6 Å². The van der Waals surface area contributed by atoms with Gasteiger partial charge in [0.1, 0.15) is 22.5 Å². The maximum Gasteiger partial charge on any atom is 0.434 e. The Bertz CT molecular complexity index is 1370. The number of hydrogen-bond donors (Lipinski definition) is 3. The zero-order chi connectivity index (χ0) is 25.4. The van der Waals surface area contributed by atoms with E-state index in [-0.39, 0.29) is 32.7 Å². The lowest BCUT2D eigenvalue weighted by Gasteiger charge is -2.25. The van der Waals surface area contributed by atoms with Gasteiger partial charge in [-0.25, -0.2) is 22.7 Å². The summed E-state index contributed by atoms with van der Waals surface area (Å²) in [5.74, 6) is -2.70. The van der Waals surface area contributed by atoms with E-state index in [4.69, 9.17) is 20.8 Å². The third kappa shape index (κ3) is 4.88. The van der Waals surface area contributed by atoms with Crippen LogP contribution in [0.1, 0.15) is 60.1 Å². The van der Waals surface area contributed by atoms with Gasteiger partial charge >= 0.3 is 5.76 Å². The van der Waals surface area contributed by atoms with Gasteiger partial charge in [0.15, 0.2) is 0 Å². The van der Waals surface area contributed by atoms with E-state index in [1.165, 1.54) is 32.2 Å². The van der Waals surface area contributed by atoms with Crippen LogP contribution in [0.2, 0.25) is 5.02 Å². The molecule has 3 rings (SSSR count). The molecule has 0 fully saturated rings. The minimum Gasteiger partial charge on any atom is -0.495 e. The van der Waals surface area contributed by atoms with Gasteiger partial charge in [0.25, 0.3) is 0 Å². The second-order valence-corrected chi connectivity index (χ2v) is 10.00. The number of sulfonamides is 1. The number of aliphatic hydroxyl groups excluding tert-OH is 1. The van der Waals surface area contributed by atoms with Crippen LogP contribution in [0.3, 0.4) is 0 Å². The molecular formula is C22H25ClFN3O6S. The van der Waals surface area contributed by atoms with Gasteiger partial charge in [0, 0.05) is 11.5 Å². The number of methoxy groups -OCH3 is 1. The van der Waals surface area contributed by atoms with Gasteiger partial charge in [-0.05, 0) is 55.7 Å². The molecule has 3 N–H and O–H groups in total. The highest BCUT2D eigenvalue weighted by atomic mass is 35.5. The smallest absolute Gasteiger partial charge is 0.434 e. The number of aromatic nitrogens is 2. The molecule has 0 radical (unpaired) electrons. The van der Waals surface area contributed by atoms with Crippen molar-refractivity contribution in [1.29, 1.82) is 0 Å². The first-order chi connectivity index (χ1) is 15.9. The number of aliphatic hydroxyl groups is 1. The summed E-state index contributed by atoms with van der Waals surface area (Å²) in [6.07, 6.45) is -1.12. The molecule has 1 heterocycles. The van der Waals surface area contributed by atoms with Gasteiger partial charge in [-0.1, -0.05) is 24.6 Å². The molecule has 34 heavy (non-hydrogen) atoms. The summed E-state index contributed by atoms with van der Waals surface area (Å²) in [5.41, 5.74) is 1.75. The Morgan fingerprint density at radius 1 is 1.21 bits per heavy atom. The van der Waals surface area contributed by atoms with Gasteiger partial charge in [-0.15, -0.1) is 5.10 Å². The number of benzene rings is 2. The van der Waals surface area contributed by atoms with E-state index in [1.54, 1.807) is 26.8 Å². The van der Waals surface area contributed by atoms with E-state index in [1.807, 2.05) is 0 Å². The highest BCUT2D eigenvalue weighted by Gasteiger charge is 2.35. The predicted octanol–water partition coefficient (Wildman–Crippen LogP) is 3.66. The lowest BCUT2D eigenvalue weighted by atomic mass is 9.88. The third-order valence-corrected chi connectivity index (χ3v) is 7.50. The monoisotopic (exact) mass is 513 g/mol. The second kappa shape index (κ2) is 9.87. The fraction of sp³-hybridized carbons (Fsp3) is 0.364. The van der Waals surface area contributed by atoms with E-state index in [2.05, 4.69) is 14.9 Å². The standard InChI is InChI=1S/C22H25ClFN3O6S/c1-10-6-8-15(24)17(11(10)2)12(3)19(21-25-26-22(29)33-21)27-34(30,31)16-9-7-14(23)18(13(4)28)20(16)32-5/h6-9,12-13,19,27-28H,1-5H3,(H,26,29)/t12-,13-,19+/m1/s1. The van der Waals surface area contributed by atoms with Crippen molar-refractivity contribution in [2.24, 2.45) is 0 Å². The zero-order valence-corrected chi connectivity index (χ0v) is 20.7. The summed E-state index contributed by atoms with van der Waals surface area (Å²) >= 11 is 6.15. The predicted molar refractivity (Wildman–Crippen MR) is 123 cm³/mol. The molecule has 2 aromatic carbocycles. The number of aromatic amines is 1. The largest absolute Gasteiger partial charge is 0.495 e. The van der Waals surface area contributed by atoms with E-state index in [0.717, 1.165) is 5.56 Å². The highest BCUT2D eigenvalue weighted by Crippen LogP contribution is 2.39. The van der Waals surface area contributed by atoms with Crippen molar-refractivity contribution in [2.45, 2.75) is 50.7 Å². The molecule has 3 atom stereocenters. The van der Waals surface area contributed by atoms with Crippen LogP contribution in [0, 0.1) is 19.7 Å². The van der Waals surface area contributed by atoms with Crippen molar-refractivity contribution in [1.82, 2.24) is 14.9 Å². The van der Waals surface area contributed by atoms with Crippen LogP contribution >= 0.6 is 11.6 Å². The van der Waals surface area contributed by atoms with E-state index in [9.17, 15) is 22.7 Å². The summed E-state index contributed by atoms with van der Waals surface area (Å²) in [5, 5.41) is 16.1. The molecule has 0 amide bonds. The van der Waals surface area contributed by atoms with Crippen LogP contribution in [-0.4, -0.2) is 30.8 Å². The Balaban J connectivity index is 2.17. The topological polar surface area (TPSA) is 135 Å². The number of halogens is 2. The van der Waals surface area contributed by atoms with Crippen LogP contribution in [0.5, 0.6) is 5.75 Å². The molecule has 1 aromatic heterocycles. The second-order valence-electron chi connectivity index (χ2n) is 7.91. The number of nitrogens with zero attached hydrogens (tertiary/aromatic N) is 1. The molecule has 0 aliphatic rings. The van der Waals surface area contributed by atoms with Gasteiger partial charge in [0.05, 0.1) is 18.2 Å². The fourth-order valence-electron chi connectivity index (χ4n) is 3.87. The highest BCUT2D eigenvalue weighted by molar-refractivity contribution is 7.89. The minimum atomic E-state index is -4.39. The van der Waals surface area contributed by atoms with Crippen molar-refractivity contribution in [2.75, 3.05) is 7.11 Å². The fourth-order valence-corrected chi connectivity index (χ4v) is 5.63. The summed E-state index contributed by atoms with van der Waals surface area (Å²) in [4.78, 5) is 11.3. The number of aryl methyl sites for hydroxylation is 1. The number of hydrogen-bond acceptors (Lipinski definition) is 7. The molecule has 0 saturated carbocycles. The molecule has 3 aromatic rings. The van der Waals surface area contributed by atoms with Crippen molar-refractivity contribution in [3.8, 4) is 5.75 Å². The lowest BCUT2D eigenvalue weighted by Crippen LogP contribution is -2.33. The number of nitrogens with one attached hydrogen (secondary N) is 2. The maximum atomic E-state index is 14.9. The first-order valence-electron chi connectivity index (χ1n) is 10.3. The Morgan fingerprint density at radius 2 is 1.88 bits per heavy atom. The Kier molecular flexibility index (Phi) is 7.51. The van der Waals surface area contributed by atoms with Crippen molar-refractivity contribution < 1.29 is 27.1 Å². The average molecular weight is 514 g/mol. The van der Waals surface area contributed by atoms with Crippen molar-refractivity contribution in [3.63, 3.8) is 0 Å². The number of ether oxygens (including phenoxy) is 1. The molecule has 0 aliphatic carbocycles. The summed E-state index contributed by atoms with van der Waals surface area (Å²) in [6, 6.07) is 4.17. The van der Waals surface area contributed by atoms with Crippen LogP contribution in [0.25, 0.3) is 0 Å².